The fourth-order valence-electron chi connectivity index (χ4n) is 1.85. The number of rotatable bonds is 5. The van der Waals surface area contributed by atoms with Gasteiger partial charge in [0.15, 0.2) is 5.96 Å². The van der Waals surface area contributed by atoms with Crippen LogP contribution in [0.3, 0.4) is 0 Å². The smallest absolute Gasteiger partial charge is 0.254 e. The van der Waals surface area contributed by atoms with Crippen LogP contribution in [0.2, 0.25) is 0 Å². The minimum Gasteiger partial charge on any atom is -0.340 e. The number of aryl methyl sites for hydroxylation is 1. The first-order valence-electron chi connectivity index (χ1n) is 6.38. The van der Waals surface area contributed by atoms with E-state index in [0.29, 0.717) is 12.5 Å². The van der Waals surface area contributed by atoms with Crippen LogP contribution in [-0.2, 0) is 11.3 Å². The Kier molecular flexibility index (Phi) is 3.96. The molecule has 1 aliphatic heterocycles. The summed E-state index contributed by atoms with van der Waals surface area (Å²) < 4.78 is 1.85. The van der Waals surface area contributed by atoms with Crippen LogP contribution in [0, 0.1) is 0 Å². The number of aliphatic imine (C=N–C) groups is 1. The van der Waals surface area contributed by atoms with Gasteiger partial charge in [-0.2, -0.15) is 5.10 Å². The molecule has 1 aromatic heterocycles. The van der Waals surface area contributed by atoms with E-state index in [1.54, 1.807) is 6.20 Å². The van der Waals surface area contributed by atoms with Crippen LogP contribution < -0.4 is 10.6 Å². The van der Waals surface area contributed by atoms with Crippen LogP contribution in [0.15, 0.2) is 17.4 Å². The van der Waals surface area contributed by atoms with E-state index >= 15 is 0 Å². The van der Waals surface area contributed by atoms with Gasteiger partial charge in [-0.05, 0) is 12.8 Å². The molecule has 2 N–H and O–H groups in total. The number of nitrogens with zero attached hydrogens (tertiary/aromatic N) is 3. The van der Waals surface area contributed by atoms with Crippen molar-refractivity contribution >= 4 is 11.9 Å². The van der Waals surface area contributed by atoms with E-state index in [-0.39, 0.29) is 11.9 Å². The highest BCUT2D eigenvalue weighted by molar-refractivity contribution is 6.06. The van der Waals surface area contributed by atoms with E-state index < -0.39 is 0 Å². The molecule has 1 aromatic rings. The Bertz CT molecular complexity index is 451. The first-order valence-corrected chi connectivity index (χ1v) is 6.38. The quantitative estimate of drug-likeness (QED) is 0.811. The summed E-state index contributed by atoms with van der Waals surface area (Å²) in [4.78, 5) is 16.1. The van der Waals surface area contributed by atoms with Crippen molar-refractivity contribution in [1.29, 1.82) is 0 Å². The molecule has 1 unspecified atom stereocenters. The summed E-state index contributed by atoms with van der Waals surface area (Å²) in [5.74, 6) is 0.496. The summed E-state index contributed by atoms with van der Waals surface area (Å²) in [5.41, 5.74) is 0.877. The van der Waals surface area contributed by atoms with Gasteiger partial charge in [0.05, 0.1) is 6.20 Å². The number of hydrogen-bond donors (Lipinski definition) is 2. The first kappa shape index (κ1) is 12.6. The van der Waals surface area contributed by atoms with E-state index in [9.17, 15) is 4.79 Å². The van der Waals surface area contributed by atoms with Gasteiger partial charge in [0.2, 0.25) is 0 Å². The van der Waals surface area contributed by atoms with Crippen LogP contribution in [0.25, 0.3) is 0 Å². The fourth-order valence-corrected chi connectivity index (χ4v) is 1.85. The predicted octanol–water partition coefficient (Wildman–Crippen LogP) is 0.820. The van der Waals surface area contributed by atoms with Crippen molar-refractivity contribution < 1.29 is 4.79 Å². The molecule has 0 radical (unpaired) electrons. The molecule has 6 heteroatoms. The maximum Gasteiger partial charge on any atom is 0.254 e. The normalized spacial score (nSPS) is 21.1. The number of nitrogens with one attached hydrogen (secondary N) is 2. The maximum atomic E-state index is 11.8. The first-order chi connectivity index (χ1) is 8.74. The summed E-state index contributed by atoms with van der Waals surface area (Å²) in [6.45, 7) is 5.72. The summed E-state index contributed by atoms with van der Waals surface area (Å²) in [7, 11) is 0. The summed E-state index contributed by atoms with van der Waals surface area (Å²) in [6.07, 6.45) is 5.62. The highest BCUT2D eigenvalue weighted by atomic mass is 16.2. The molecule has 0 bridgehead atoms. The van der Waals surface area contributed by atoms with Crippen molar-refractivity contribution in [3.8, 4) is 0 Å². The van der Waals surface area contributed by atoms with Crippen molar-refractivity contribution in [2.24, 2.45) is 4.99 Å². The lowest BCUT2D eigenvalue weighted by Crippen LogP contribution is -2.25. The average Bonchev–Trinajstić information content (AvgIpc) is 2.94. The molecule has 6 nitrogen and oxygen atoms in total. The highest BCUT2D eigenvalue weighted by Gasteiger charge is 2.30. The van der Waals surface area contributed by atoms with Crippen LogP contribution in [-0.4, -0.2) is 28.2 Å². The minimum absolute atomic E-state index is 0.0686. The molecule has 1 amide bonds. The Morgan fingerprint density at radius 2 is 2.28 bits per heavy atom. The van der Waals surface area contributed by atoms with Gasteiger partial charge in [-0.3, -0.25) is 19.8 Å². The van der Waals surface area contributed by atoms with Gasteiger partial charge < -0.3 is 5.32 Å². The van der Waals surface area contributed by atoms with Gasteiger partial charge in [0, 0.05) is 24.8 Å². The minimum atomic E-state index is -0.369. The van der Waals surface area contributed by atoms with Crippen LogP contribution in [0.1, 0.15) is 38.3 Å². The molecule has 0 aliphatic carbocycles. The largest absolute Gasteiger partial charge is 0.340 e. The Hall–Kier alpha value is -1.85. The molecule has 0 aromatic carbocycles. The molecular weight excluding hydrogens is 230 g/mol. The predicted molar refractivity (Wildman–Crippen MR) is 69.1 cm³/mol. The maximum absolute atomic E-state index is 11.8. The van der Waals surface area contributed by atoms with Gasteiger partial charge >= 0.3 is 0 Å². The molecule has 0 saturated carbocycles. The van der Waals surface area contributed by atoms with Crippen molar-refractivity contribution in [3.05, 3.63) is 18.0 Å². The molecule has 98 valence electrons. The molecule has 1 aliphatic rings. The lowest BCUT2D eigenvalue weighted by Gasteiger charge is -2.03. The van der Waals surface area contributed by atoms with Crippen LogP contribution >= 0.6 is 0 Å². The summed E-state index contributed by atoms with van der Waals surface area (Å²) in [5, 5.41) is 10.1. The van der Waals surface area contributed by atoms with E-state index in [4.69, 9.17) is 0 Å². The van der Waals surface area contributed by atoms with Crippen molar-refractivity contribution in [2.75, 3.05) is 6.54 Å². The molecule has 18 heavy (non-hydrogen) atoms. The Balaban J connectivity index is 2.06. The molecule has 0 spiro atoms. The average molecular weight is 249 g/mol. The van der Waals surface area contributed by atoms with Gasteiger partial charge in [-0.15, -0.1) is 0 Å². The van der Waals surface area contributed by atoms with Crippen molar-refractivity contribution in [3.63, 3.8) is 0 Å². The SMILES string of the molecule is CCCN=C1NC(=O)C(c2cnn(CCC)c2)N1. The summed E-state index contributed by atoms with van der Waals surface area (Å²) in [6, 6.07) is -0.369. The highest BCUT2D eigenvalue weighted by Crippen LogP contribution is 2.15. The van der Waals surface area contributed by atoms with Gasteiger partial charge in [-0.25, -0.2) is 0 Å². The molecule has 2 heterocycles. The Labute approximate surface area is 106 Å². The van der Waals surface area contributed by atoms with Crippen molar-refractivity contribution in [2.45, 2.75) is 39.3 Å². The Morgan fingerprint density at radius 3 is 3.00 bits per heavy atom. The van der Waals surface area contributed by atoms with E-state index in [1.807, 2.05) is 17.8 Å². The second-order valence-electron chi connectivity index (χ2n) is 4.33. The number of amides is 1. The van der Waals surface area contributed by atoms with E-state index in [2.05, 4.69) is 27.6 Å². The van der Waals surface area contributed by atoms with Gasteiger partial charge in [-0.1, -0.05) is 13.8 Å². The Morgan fingerprint density at radius 1 is 1.44 bits per heavy atom. The third kappa shape index (κ3) is 2.69. The topological polar surface area (TPSA) is 71.3 Å². The third-order valence-electron chi connectivity index (χ3n) is 2.72. The number of carbonyl (C=O) groups excluding carboxylic acids is 1. The molecule has 1 fully saturated rings. The zero-order chi connectivity index (χ0) is 13.0. The second kappa shape index (κ2) is 5.66. The number of aromatic nitrogens is 2. The zero-order valence-electron chi connectivity index (χ0n) is 10.8. The third-order valence-corrected chi connectivity index (χ3v) is 2.72. The lowest BCUT2D eigenvalue weighted by atomic mass is 10.2. The number of carbonyl (C=O) groups is 1. The number of hydrogen-bond acceptors (Lipinski definition) is 3. The zero-order valence-corrected chi connectivity index (χ0v) is 10.8. The molecule has 2 rings (SSSR count). The molecular formula is C12H19N5O. The molecule has 1 saturated heterocycles. The fraction of sp³-hybridized carbons (Fsp3) is 0.583. The van der Waals surface area contributed by atoms with E-state index in [0.717, 1.165) is 24.9 Å². The van der Waals surface area contributed by atoms with Gasteiger partial charge in [0.1, 0.15) is 6.04 Å². The lowest BCUT2D eigenvalue weighted by molar-refractivity contribution is -0.120. The van der Waals surface area contributed by atoms with E-state index in [1.165, 1.54) is 0 Å². The van der Waals surface area contributed by atoms with Gasteiger partial charge in [0.25, 0.3) is 5.91 Å². The standard InChI is InChI=1S/C12H19N5O/c1-3-5-13-12-15-10(11(18)16-12)9-7-14-17(8-9)6-4-2/h7-8,10H,3-6H2,1-2H3,(H2,13,15,16,18). The monoisotopic (exact) mass is 249 g/mol. The number of guanidine groups is 1. The molecule has 1 atom stereocenters. The van der Waals surface area contributed by atoms with Crippen molar-refractivity contribution in [1.82, 2.24) is 20.4 Å². The van der Waals surface area contributed by atoms with Crippen LogP contribution in [0.5, 0.6) is 0 Å². The summed E-state index contributed by atoms with van der Waals surface area (Å²) >= 11 is 0. The second-order valence-corrected chi connectivity index (χ2v) is 4.33. The van der Waals surface area contributed by atoms with Crippen LogP contribution in [0.4, 0.5) is 0 Å².